The van der Waals surface area contributed by atoms with Crippen molar-refractivity contribution in [3.05, 3.63) is 0 Å². The average Bonchev–Trinajstić information content (AvgIpc) is 1.47. The van der Waals surface area contributed by atoms with Gasteiger partial charge in [0.25, 0.3) is 0 Å². The highest BCUT2D eigenvalue weighted by Gasteiger charge is 2.63. The minimum Gasteiger partial charge on any atom is -0.323 e. The minimum absolute atomic E-state index is 0.205. The van der Waals surface area contributed by atoms with Gasteiger partial charge in [-0.2, -0.15) is 0 Å². The number of rotatable bonds is 2. The summed E-state index contributed by atoms with van der Waals surface area (Å²) in [5.41, 5.74) is 0. The molecule has 0 aromatic rings. The van der Waals surface area contributed by atoms with Crippen LogP contribution in [-0.2, 0) is 9.13 Å². The van der Waals surface area contributed by atoms with Crippen LogP contribution in [0.25, 0.3) is 0 Å². The molecule has 1 heterocycles. The van der Waals surface area contributed by atoms with E-state index in [4.69, 9.17) is 19.6 Å². The maximum Gasteiger partial charge on any atom is 0.357 e. The summed E-state index contributed by atoms with van der Waals surface area (Å²) < 4.78 is 21.4. The van der Waals surface area contributed by atoms with Crippen molar-refractivity contribution in [2.45, 2.75) is 11.4 Å². The molecule has 1 fully saturated rings. The normalized spacial score (nSPS) is 23.3. The molecule has 0 bridgehead atoms. The molecule has 0 unspecified atom stereocenters. The van der Waals surface area contributed by atoms with Crippen LogP contribution in [0.5, 0.6) is 0 Å². The molecule has 0 aliphatic carbocycles. The summed E-state index contributed by atoms with van der Waals surface area (Å²) >= 11 is 0. The van der Waals surface area contributed by atoms with Crippen LogP contribution in [0.4, 0.5) is 0 Å². The molecule has 1 aliphatic heterocycles. The van der Waals surface area contributed by atoms with Crippen molar-refractivity contribution < 1.29 is 28.7 Å². The third-order valence-electron chi connectivity index (χ3n) is 1.85. The predicted molar refractivity (Wildman–Crippen MR) is 39.4 cm³/mol. The molecular weight excluding hydrogens is 208 g/mol. The molecule has 1 saturated heterocycles. The number of hydrogen-bond acceptors (Lipinski definition) is 3. The molecule has 7 nitrogen and oxygen atoms in total. The van der Waals surface area contributed by atoms with Gasteiger partial charge in [-0.3, -0.25) is 14.4 Å². The Hall–Kier alpha value is 0.260. The SMILES string of the molecule is O=P(O)(O)C1(P(=O)(O)O)CCN1. The quantitative estimate of drug-likeness (QED) is 0.375. The molecule has 0 aromatic heterocycles. The maximum atomic E-state index is 10.7. The van der Waals surface area contributed by atoms with Crippen molar-refractivity contribution in [2.75, 3.05) is 6.54 Å². The van der Waals surface area contributed by atoms with Gasteiger partial charge >= 0.3 is 15.2 Å². The second kappa shape index (κ2) is 2.62. The van der Waals surface area contributed by atoms with Crippen molar-refractivity contribution >= 4 is 15.2 Å². The van der Waals surface area contributed by atoms with Gasteiger partial charge in [-0.1, -0.05) is 0 Å². The molecule has 12 heavy (non-hydrogen) atoms. The van der Waals surface area contributed by atoms with Gasteiger partial charge in [-0.25, -0.2) is 0 Å². The zero-order valence-corrected chi connectivity index (χ0v) is 7.70. The van der Waals surface area contributed by atoms with Crippen LogP contribution >= 0.6 is 15.2 Å². The fourth-order valence-corrected chi connectivity index (χ4v) is 3.81. The van der Waals surface area contributed by atoms with E-state index >= 15 is 0 Å². The van der Waals surface area contributed by atoms with Crippen molar-refractivity contribution in [3.8, 4) is 0 Å². The van der Waals surface area contributed by atoms with Crippen LogP contribution in [-0.4, -0.2) is 31.1 Å². The Bertz CT molecular complexity index is 249. The number of nitrogens with one attached hydrogen (secondary N) is 1. The molecule has 1 rings (SSSR count). The van der Waals surface area contributed by atoms with E-state index in [-0.39, 0.29) is 13.0 Å². The first-order valence-corrected chi connectivity index (χ1v) is 6.29. The lowest BCUT2D eigenvalue weighted by Crippen LogP contribution is -2.55. The molecule has 9 heteroatoms. The summed E-state index contributed by atoms with van der Waals surface area (Å²) in [6, 6.07) is 0. The van der Waals surface area contributed by atoms with Crippen LogP contribution in [0.15, 0.2) is 0 Å². The van der Waals surface area contributed by atoms with E-state index in [2.05, 4.69) is 5.32 Å². The van der Waals surface area contributed by atoms with Crippen LogP contribution in [0.1, 0.15) is 6.42 Å². The zero-order chi connectivity index (χ0) is 9.62. The summed E-state index contributed by atoms with van der Waals surface area (Å²) in [6.07, 6.45) is -0.207. The first-order valence-electron chi connectivity index (χ1n) is 3.07. The highest BCUT2D eigenvalue weighted by atomic mass is 31.2. The lowest BCUT2D eigenvalue weighted by Gasteiger charge is -2.42. The third-order valence-corrected chi connectivity index (χ3v) is 6.10. The minimum atomic E-state index is -4.80. The van der Waals surface area contributed by atoms with Crippen molar-refractivity contribution in [1.82, 2.24) is 5.32 Å². The summed E-state index contributed by atoms with van der Waals surface area (Å²) in [4.78, 5) is 34.7. The zero-order valence-electron chi connectivity index (χ0n) is 5.91. The van der Waals surface area contributed by atoms with Gasteiger partial charge in [-0.15, -0.1) is 0 Å². The predicted octanol–water partition coefficient (Wildman–Crippen LogP) is -1.01. The summed E-state index contributed by atoms with van der Waals surface area (Å²) in [5.74, 6) is 0. The van der Waals surface area contributed by atoms with E-state index in [1.807, 2.05) is 0 Å². The summed E-state index contributed by atoms with van der Waals surface area (Å²) in [6.45, 7) is 0.205. The fraction of sp³-hybridized carbons (Fsp3) is 1.00. The molecule has 0 spiro atoms. The van der Waals surface area contributed by atoms with Gasteiger partial charge < -0.3 is 19.6 Å². The van der Waals surface area contributed by atoms with Crippen LogP contribution in [0.2, 0.25) is 0 Å². The molecule has 1 aliphatic rings. The van der Waals surface area contributed by atoms with Gasteiger partial charge in [0.2, 0.25) is 5.02 Å². The first-order chi connectivity index (χ1) is 5.21. The Morgan fingerprint density at radius 3 is 1.42 bits per heavy atom. The van der Waals surface area contributed by atoms with Crippen molar-refractivity contribution in [3.63, 3.8) is 0 Å². The highest BCUT2D eigenvalue weighted by Crippen LogP contribution is 2.71. The van der Waals surface area contributed by atoms with Gasteiger partial charge in [0, 0.05) is 6.42 Å². The van der Waals surface area contributed by atoms with Gasteiger partial charge in [0.05, 0.1) is 0 Å². The molecular formula is C3H9NO6P2. The molecule has 5 N–H and O–H groups in total. The van der Waals surface area contributed by atoms with Crippen molar-refractivity contribution in [1.29, 1.82) is 0 Å². The lowest BCUT2D eigenvalue weighted by atomic mass is 10.3. The second-order valence-electron chi connectivity index (χ2n) is 2.58. The largest absolute Gasteiger partial charge is 0.357 e. The monoisotopic (exact) mass is 217 g/mol. The first kappa shape index (κ1) is 10.3. The maximum absolute atomic E-state index is 10.7. The molecule has 0 saturated carbocycles. The van der Waals surface area contributed by atoms with Gasteiger partial charge in [-0.05, 0) is 6.54 Å². The van der Waals surface area contributed by atoms with E-state index in [1.54, 1.807) is 0 Å². The smallest absolute Gasteiger partial charge is 0.323 e. The van der Waals surface area contributed by atoms with Crippen LogP contribution < -0.4 is 5.32 Å². The second-order valence-corrected chi connectivity index (χ2v) is 6.64. The Morgan fingerprint density at radius 1 is 1.08 bits per heavy atom. The van der Waals surface area contributed by atoms with E-state index in [0.29, 0.717) is 0 Å². The lowest BCUT2D eigenvalue weighted by molar-refractivity contribution is 0.243. The van der Waals surface area contributed by atoms with E-state index in [1.165, 1.54) is 0 Å². The van der Waals surface area contributed by atoms with Crippen molar-refractivity contribution in [2.24, 2.45) is 0 Å². The number of hydrogen-bond donors (Lipinski definition) is 5. The Kier molecular flexibility index (Phi) is 2.26. The van der Waals surface area contributed by atoms with E-state index < -0.39 is 20.2 Å². The summed E-state index contributed by atoms with van der Waals surface area (Å²) in [7, 11) is -9.59. The molecule has 0 atom stereocenters. The van der Waals surface area contributed by atoms with Crippen LogP contribution in [0.3, 0.4) is 0 Å². The summed E-state index contributed by atoms with van der Waals surface area (Å²) in [5, 5.41) is -0.207. The standard InChI is InChI=1S/C3H9NO6P2/c5-11(6,7)3(1-2-4-3)12(8,9)10/h4H,1-2H2,(H2,5,6,7)(H2,8,9,10). The molecule has 72 valence electrons. The van der Waals surface area contributed by atoms with E-state index in [9.17, 15) is 9.13 Å². The van der Waals surface area contributed by atoms with Crippen LogP contribution in [0, 0.1) is 0 Å². The Morgan fingerprint density at radius 2 is 1.42 bits per heavy atom. The Balaban J connectivity index is 3.09. The van der Waals surface area contributed by atoms with Gasteiger partial charge in [0.15, 0.2) is 0 Å². The molecule has 0 aromatic carbocycles. The molecule has 0 amide bonds. The van der Waals surface area contributed by atoms with E-state index in [0.717, 1.165) is 0 Å². The molecule has 0 radical (unpaired) electrons. The third kappa shape index (κ3) is 1.28. The topological polar surface area (TPSA) is 127 Å². The Labute approximate surface area is 68.1 Å². The highest BCUT2D eigenvalue weighted by molar-refractivity contribution is 7.72. The average molecular weight is 217 g/mol. The van der Waals surface area contributed by atoms with Gasteiger partial charge in [0.1, 0.15) is 0 Å². The fourth-order valence-electron chi connectivity index (χ4n) is 1.02.